The van der Waals surface area contributed by atoms with Gasteiger partial charge >= 0.3 is 0 Å². The van der Waals surface area contributed by atoms with E-state index in [1.165, 1.54) is 32.4 Å². The van der Waals surface area contributed by atoms with E-state index in [-0.39, 0.29) is 0 Å². The second kappa shape index (κ2) is 2.73. The fourth-order valence-corrected chi connectivity index (χ4v) is 3.65. The standard InChI is InChI=1S/C12H23N/c1-10(2)12-6-5-7-13(12)9-11(3,4)8-12/h10H,5-9H2,1-4H3. The van der Waals surface area contributed by atoms with Crippen LogP contribution in [0.15, 0.2) is 0 Å². The van der Waals surface area contributed by atoms with E-state index in [0.29, 0.717) is 11.0 Å². The van der Waals surface area contributed by atoms with Gasteiger partial charge in [-0.1, -0.05) is 27.7 Å². The largest absolute Gasteiger partial charge is 0.297 e. The molecule has 0 saturated carbocycles. The Labute approximate surface area is 82.5 Å². The van der Waals surface area contributed by atoms with Gasteiger partial charge in [-0.05, 0) is 37.1 Å². The Morgan fingerprint density at radius 1 is 1.23 bits per heavy atom. The zero-order chi connectivity index (χ0) is 9.69. The van der Waals surface area contributed by atoms with Crippen molar-refractivity contribution in [2.24, 2.45) is 11.3 Å². The fraction of sp³-hybridized carbons (Fsp3) is 1.00. The van der Waals surface area contributed by atoms with Crippen LogP contribution in [0.2, 0.25) is 0 Å². The summed E-state index contributed by atoms with van der Waals surface area (Å²) in [4.78, 5) is 2.76. The van der Waals surface area contributed by atoms with Crippen molar-refractivity contribution in [3.63, 3.8) is 0 Å². The molecule has 2 rings (SSSR count). The lowest BCUT2D eigenvalue weighted by Gasteiger charge is -2.36. The van der Waals surface area contributed by atoms with Crippen molar-refractivity contribution < 1.29 is 0 Å². The summed E-state index contributed by atoms with van der Waals surface area (Å²) in [5.41, 5.74) is 1.13. The molecule has 2 saturated heterocycles. The van der Waals surface area contributed by atoms with Crippen LogP contribution in [0.25, 0.3) is 0 Å². The van der Waals surface area contributed by atoms with Crippen LogP contribution in [-0.4, -0.2) is 23.5 Å². The molecule has 13 heavy (non-hydrogen) atoms. The fourth-order valence-electron chi connectivity index (χ4n) is 3.65. The number of nitrogens with zero attached hydrogens (tertiary/aromatic N) is 1. The molecule has 1 heteroatoms. The van der Waals surface area contributed by atoms with E-state index < -0.39 is 0 Å². The second-order valence-electron chi connectivity index (χ2n) is 6.12. The highest BCUT2D eigenvalue weighted by Crippen LogP contribution is 2.50. The molecule has 1 unspecified atom stereocenters. The van der Waals surface area contributed by atoms with Crippen molar-refractivity contribution in [1.29, 1.82) is 0 Å². The van der Waals surface area contributed by atoms with Gasteiger partial charge in [-0.3, -0.25) is 4.90 Å². The van der Waals surface area contributed by atoms with Crippen LogP contribution < -0.4 is 0 Å². The van der Waals surface area contributed by atoms with Gasteiger partial charge in [0, 0.05) is 12.1 Å². The minimum Gasteiger partial charge on any atom is -0.297 e. The summed E-state index contributed by atoms with van der Waals surface area (Å²) >= 11 is 0. The Hall–Kier alpha value is -0.0400. The molecular weight excluding hydrogens is 158 g/mol. The molecule has 2 aliphatic rings. The molecule has 76 valence electrons. The van der Waals surface area contributed by atoms with E-state index in [1.807, 2.05) is 0 Å². The van der Waals surface area contributed by atoms with E-state index in [0.717, 1.165) is 5.92 Å². The SMILES string of the molecule is CC(C)C12CCCN1CC(C)(C)C2. The van der Waals surface area contributed by atoms with E-state index in [9.17, 15) is 0 Å². The van der Waals surface area contributed by atoms with E-state index in [1.54, 1.807) is 0 Å². The van der Waals surface area contributed by atoms with Crippen LogP contribution in [0.1, 0.15) is 47.0 Å². The maximum absolute atomic E-state index is 2.76. The van der Waals surface area contributed by atoms with Gasteiger partial charge in [-0.25, -0.2) is 0 Å². The van der Waals surface area contributed by atoms with Gasteiger partial charge < -0.3 is 0 Å². The van der Waals surface area contributed by atoms with E-state index in [2.05, 4.69) is 32.6 Å². The Morgan fingerprint density at radius 3 is 2.46 bits per heavy atom. The van der Waals surface area contributed by atoms with Gasteiger partial charge in [0.05, 0.1) is 0 Å². The topological polar surface area (TPSA) is 3.24 Å². The Balaban J connectivity index is 2.25. The third-order valence-corrected chi connectivity index (χ3v) is 4.15. The van der Waals surface area contributed by atoms with Gasteiger partial charge in [0.15, 0.2) is 0 Å². The molecule has 0 amide bonds. The van der Waals surface area contributed by atoms with Crippen molar-refractivity contribution in [3.05, 3.63) is 0 Å². The van der Waals surface area contributed by atoms with Crippen LogP contribution in [0.5, 0.6) is 0 Å². The Morgan fingerprint density at radius 2 is 1.92 bits per heavy atom. The number of hydrogen-bond donors (Lipinski definition) is 0. The minimum atomic E-state index is 0.560. The van der Waals surface area contributed by atoms with Crippen LogP contribution in [0, 0.1) is 11.3 Å². The summed E-state index contributed by atoms with van der Waals surface area (Å²) in [6.07, 6.45) is 4.28. The lowest BCUT2D eigenvalue weighted by Crippen LogP contribution is -2.42. The quantitative estimate of drug-likeness (QED) is 0.601. The Bertz CT molecular complexity index is 207. The predicted octanol–water partition coefficient (Wildman–Crippen LogP) is 2.91. The van der Waals surface area contributed by atoms with E-state index >= 15 is 0 Å². The molecule has 0 aromatic heterocycles. The van der Waals surface area contributed by atoms with Gasteiger partial charge in [0.1, 0.15) is 0 Å². The first-order chi connectivity index (χ1) is 5.96. The van der Waals surface area contributed by atoms with Crippen molar-refractivity contribution in [2.75, 3.05) is 13.1 Å². The zero-order valence-electron chi connectivity index (χ0n) is 9.56. The molecule has 0 aliphatic carbocycles. The minimum absolute atomic E-state index is 0.560. The number of hydrogen-bond acceptors (Lipinski definition) is 1. The predicted molar refractivity (Wildman–Crippen MR) is 56.8 cm³/mol. The highest BCUT2D eigenvalue weighted by Gasteiger charge is 2.52. The summed E-state index contributed by atoms with van der Waals surface area (Å²) in [5, 5.41) is 0. The average molecular weight is 181 g/mol. The molecule has 2 aliphatic heterocycles. The third kappa shape index (κ3) is 1.32. The highest BCUT2D eigenvalue weighted by molar-refractivity contribution is 5.07. The molecule has 1 atom stereocenters. The van der Waals surface area contributed by atoms with Gasteiger partial charge in [0.25, 0.3) is 0 Å². The smallest absolute Gasteiger partial charge is 0.0238 e. The van der Waals surface area contributed by atoms with Gasteiger partial charge in [-0.2, -0.15) is 0 Å². The lowest BCUT2D eigenvalue weighted by molar-refractivity contribution is 0.136. The molecule has 0 bridgehead atoms. The molecular formula is C12H23N. The normalized spacial score (nSPS) is 38.5. The summed E-state index contributed by atoms with van der Waals surface area (Å²) < 4.78 is 0. The number of rotatable bonds is 1. The monoisotopic (exact) mass is 181 g/mol. The van der Waals surface area contributed by atoms with Crippen LogP contribution in [0.4, 0.5) is 0 Å². The van der Waals surface area contributed by atoms with Crippen LogP contribution in [-0.2, 0) is 0 Å². The third-order valence-electron chi connectivity index (χ3n) is 4.15. The van der Waals surface area contributed by atoms with Crippen molar-refractivity contribution >= 4 is 0 Å². The maximum atomic E-state index is 2.76. The molecule has 0 aromatic carbocycles. The summed E-state index contributed by atoms with van der Waals surface area (Å²) in [6.45, 7) is 12.3. The van der Waals surface area contributed by atoms with Crippen molar-refractivity contribution in [3.8, 4) is 0 Å². The summed E-state index contributed by atoms with van der Waals surface area (Å²) in [7, 11) is 0. The zero-order valence-corrected chi connectivity index (χ0v) is 9.56. The highest BCUT2D eigenvalue weighted by atomic mass is 15.3. The average Bonchev–Trinajstić information content (AvgIpc) is 2.40. The molecule has 0 spiro atoms. The van der Waals surface area contributed by atoms with Crippen LogP contribution >= 0.6 is 0 Å². The molecule has 0 aromatic rings. The van der Waals surface area contributed by atoms with Gasteiger partial charge in [0.2, 0.25) is 0 Å². The molecule has 0 radical (unpaired) electrons. The Kier molecular flexibility index (Phi) is 1.99. The summed E-state index contributed by atoms with van der Waals surface area (Å²) in [5.74, 6) is 0.830. The first-order valence-corrected chi connectivity index (χ1v) is 5.71. The van der Waals surface area contributed by atoms with E-state index in [4.69, 9.17) is 0 Å². The first-order valence-electron chi connectivity index (χ1n) is 5.71. The molecule has 0 N–H and O–H groups in total. The molecule has 1 nitrogen and oxygen atoms in total. The number of fused-ring (bicyclic) bond motifs is 1. The first kappa shape index (κ1) is 9.51. The summed E-state index contributed by atoms with van der Waals surface area (Å²) in [6, 6.07) is 0. The second-order valence-corrected chi connectivity index (χ2v) is 6.12. The lowest BCUT2D eigenvalue weighted by atomic mass is 9.76. The van der Waals surface area contributed by atoms with Crippen LogP contribution in [0.3, 0.4) is 0 Å². The van der Waals surface area contributed by atoms with Gasteiger partial charge in [-0.15, -0.1) is 0 Å². The van der Waals surface area contributed by atoms with Crippen molar-refractivity contribution in [1.82, 2.24) is 4.90 Å². The molecule has 2 heterocycles. The van der Waals surface area contributed by atoms with Crippen molar-refractivity contribution in [2.45, 2.75) is 52.5 Å². The maximum Gasteiger partial charge on any atom is 0.0238 e. The molecule has 2 fully saturated rings.